The fourth-order valence-corrected chi connectivity index (χ4v) is 3.21. The SMILES string of the molecule is Cc1cccc2cc3c(Cl)ncc(S(=O)(=O)Cl)c3nc12. The van der Waals surface area contributed by atoms with Crippen LogP contribution in [-0.2, 0) is 9.05 Å². The monoisotopic (exact) mass is 326 g/mol. The molecule has 0 aliphatic rings. The molecule has 0 saturated heterocycles. The first-order valence-electron chi connectivity index (χ1n) is 5.67. The van der Waals surface area contributed by atoms with Crippen molar-refractivity contribution in [2.75, 3.05) is 0 Å². The molecule has 102 valence electrons. The van der Waals surface area contributed by atoms with E-state index in [1.54, 1.807) is 6.07 Å². The van der Waals surface area contributed by atoms with Gasteiger partial charge in [-0.2, -0.15) is 0 Å². The zero-order valence-electron chi connectivity index (χ0n) is 10.3. The average molecular weight is 327 g/mol. The molecule has 0 fully saturated rings. The third-order valence-corrected chi connectivity index (χ3v) is 4.69. The molecule has 0 spiro atoms. The Balaban J connectivity index is 2.58. The molecule has 0 aliphatic carbocycles. The van der Waals surface area contributed by atoms with Crippen molar-refractivity contribution in [3.8, 4) is 0 Å². The number of hydrogen-bond donors (Lipinski definition) is 0. The van der Waals surface area contributed by atoms with Gasteiger partial charge in [0.05, 0.1) is 17.2 Å². The van der Waals surface area contributed by atoms with Crippen LogP contribution in [0, 0.1) is 6.92 Å². The lowest BCUT2D eigenvalue weighted by molar-refractivity contribution is 0.610. The molecule has 3 rings (SSSR count). The van der Waals surface area contributed by atoms with Gasteiger partial charge >= 0.3 is 0 Å². The van der Waals surface area contributed by atoms with Crippen LogP contribution in [0.5, 0.6) is 0 Å². The molecule has 0 atom stereocenters. The fourth-order valence-electron chi connectivity index (χ4n) is 2.12. The van der Waals surface area contributed by atoms with Gasteiger partial charge < -0.3 is 0 Å². The average Bonchev–Trinajstić information content (AvgIpc) is 2.37. The van der Waals surface area contributed by atoms with Crippen LogP contribution in [0.3, 0.4) is 0 Å². The second kappa shape index (κ2) is 4.55. The van der Waals surface area contributed by atoms with Gasteiger partial charge in [0.1, 0.15) is 10.0 Å². The topological polar surface area (TPSA) is 59.9 Å². The summed E-state index contributed by atoms with van der Waals surface area (Å²) >= 11 is 6.03. The van der Waals surface area contributed by atoms with Crippen LogP contribution in [0.15, 0.2) is 35.4 Å². The van der Waals surface area contributed by atoms with E-state index in [0.717, 1.165) is 17.1 Å². The molecule has 0 N–H and O–H groups in total. The second-order valence-corrected chi connectivity index (χ2v) is 7.27. The van der Waals surface area contributed by atoms with Crippen molar-refractivity contribution in [1.29, 1.82) is 0 Å². The molecule has 0 amide bonds. The van der Waals surface area contributed by atoms with Crippen LogP contribution >= 0.6 is 22.3 Å². The maximum absolute atomic E-state index is 11.6. The number of rotatable bonds is 1. The minimum atomic E-state index is -3.94. The normalized spacial score (nSPS) is 12.2. The Kier molecular flexibility index (Phi) is 3.08. The molecule has 0 unspecified atom stereocenters. The smallest absolute Gasteiger partial charge is 0.246 e. The molecule has 0 saturated carbocycles. The van der Waals surface area contributed by atoms with E-state index in [2.05, 4.69) is 9.97 Å². The van der Waals surface area contributed by atoms with Crippen molar-refractivity contribution in [2.45, 2.75) is 11.8 Å². The quantitative estimate of drug-likeness (QED) is 0.389. The van der Waals surface area contributed by atoms with Crippen molar-refractivity contribution in [1.82, 2.24) is 9.97 Å². The first kappa shape index (κ1) is 13.5. The minimum Gasteiger partial charge on any atom is -0.246 e. The number of halogens is 2. The summed E-state index contributed by atoms with van der Waals surface area (Å²) < 4.78 is 23.2. The molecule has 0 radical (unpaired) electrons. The predicted molar refractivity (Wildman–Crippen MR) is 79.8 cm³/mol. The summed E-state index contributed by atoms with van der Waals surface area (Å²) in [6.07, 6.45) is 1.13. The number of hydrogen-bond acceptors (Lipinski definition) is 4. The highest BCUT2D eigenvalue weighted by Gasteiger charge is 2.19. The summed E-state index contributed by atoms with van der Waals surface area (Å²) in [5.41, 5.74) is 1.89. The van der Waals surface area contributed by atoms with Crippen LogP contribution in [0.25, 0.3) is 21.8 Å². The third-order valence-electron chi connectivity index (χ3n) is 3.06. The van der Waals surface area contributed by atoms with Gasteiger partial charge in [-0.1, -0.05) is 29.8 Å². The Labute approximate surface area is 124 Å². The first-order chi connectivity index (χ1) is 9.38. The Morgan fingerprint density at radius 1 is 1.20 bits per heavy atom. The Morgan fingerprint density at radius 3 is 2.65 bits per heavy atom. The molecule has 4 nitrogen and oxygen atoms in total. The molecule has 7 heteroatoms. The van der Waals surface area contributed by atoms with Crippen molar-refractivity contribution >= 4 is 53.1 Å². The Morgan fingerprint density at radius 2 is 1.95 bits per heavy atom. The number of aromatic nitrogens is 2. The lowest BCUT2D eigenvalue weighted by atomic mass is 10.1. The van der Waals surface area contributed by atoms with Crippen molar-refractivity contribution in [2.24, 2.45) is 0 Å². The fraction of sp³-hybridized carbons (Fsp3) is 0.0769. The molecule has 2 heterocycles. The summed E-state index contributed by atoms with van der Waals surface area (Å²) in [7, 11) is 1.49. The lowest BCUT2D eigenvalue weighted by Gasteiger charge is -2.07. The Hall–Kier alpha value is -1.43. The molecule has 3 aromatic rings. The van der Waals surface area contributed by atoms with Gasteiger partial charge in [0.25, 0.3) is 9.05 Å². The van der Waals surface area contributed by atoms with E-state index in [9.17, 15) is 8.42 Å². The molecule has 2 aromatic heterocycles. The second-order valence-electron chi connectivity index (χ2n) is 4.38. The minimum absolute atomic E-state index is 0.135. The van der Waals surface area contributed by atoms with Crippen LogP contribution in [-0.4, -0.2) is 18.4 Å². The van der Waals surface area contributed by atoms with E-state index >= 15 is 0 Å². The summed E-state index contributed by atoms with van der Waals surface area (Å²) in [6, 6.07) is 7.45. The van der Waals surface area contributed by atoms with Gasteiger partial charge in [-0.25, -0.2) is 18.4 Å². The van der Waals surface area contributed by atoms with Gasteiger partial charge in [-0.3, -0.25) is 0 Å². The van der Waals surface area contributed by atoms with Gasteiger partial charge in [0.2, 0.25) is 0 Å². The first-order valence-corrected chi connectivity index (χ1v) is 8.36. The van der Waals surface area contributed by atoms with Gasteiger partial charge in [-0.05, 0) is 18.6 Å². The van der Waals surface area contributed by atoms with Gasteiger partial charge in [0, 0.05) is 21.5 Å². The maximum Gasteiger partial charge on any atom is 0.265 e. The summed E-state index contributed by atoms with van der Waals surface area (Å²) in [6.45, 7) is 1.90. The molecule has 0 aliphatic heterocycles. The van der Waals surface area contributed by atoms with Crippen LogP contribution < -0.4 is 0 Å². The molecule has 0 bridgehead atoms. The van der Waals surface area contributed by atoms with E-state index in [1.807, 2.05) is 25.1 Å². The largest absolute Gasteiger partial charge is 0.265 e. The highest BCUT2D eigenvalue weighted by molar-refractivity contribution is 8.14. The standard InChI is InChI=1S/C13H8Cl2N2O2S/c1-7-3-2-4-8-5-9-12(17-11(7)8)10(20(15,18)19)6-16-13(9)14/h2-6H,1H3. The third kappa shape index (κ3) is 2.12. The van der Waals surface area contributed by atoms with Crippen LogP contribution in [0.4, 0.5) is 0 Å². The number of pyridine rings is 2. The molecule has 1 aromatic carbocycles. The van der Waals surface area contributed by atoms with Gasteiger partial charge in [0.15, 0.2) is 0 Å². The maximum atomic E-state index is 11.6. The van der Waals surface area contributed by atoms with E-state index in [-0.39, 0.29) is 15.6 Å². The zero-order chi connectivity index (χ0) is 14.5. The number of nitrogens with zero attached hydrogens (tertiary/aromatic N) is 2. The number of benzene rings is 1. The van der Waals surface area contributed by atoms with E-state index in [0.29, 0.717) is 10.9 Å². The molecular weight excluding hydrogens is 319 g/mol. The van der Waals surface area contributed by atoms with E-state index < -0.39 is 9.05 Å². The number of para-hydroxylation sites is 1. The lowest BCUT2D eigenvalue weighted by Crippen LogP contribution is -1.97. The number of fused-ring (bicyclic) bond motifs is 2. The summed E-state index contributed by atoms with van der Waals surface area (Å²) in [4.78, 5) is 8.15. The molecule has 20 heavy (non-hydrogen) atoms. The van der Waals surface area contributed by atoms with E-state index in [1.165, 1.54) is 0 Å². The van der Waals surface area contributed by atoms with Crippen molar-refractivity contribution < 1.29 is 8.42 Å². The highest BCUT2D eigenvalue weighted by atomic mass is 35.7. The van der Waals surface area contributed by atoms with Crippen LogP contribution in [0.1, 0.15) is 5.56 Å². The summed E-state index contributed by atoms with van der Waals surface area (Å²) in [5, 5.41) is 1.52. The van der Waals surface area contributed by atoms with Crippen molar-refractivity contribution in [3.63, 3.8) is 0 Å². The van der Waals surface area contributed by atoms with Gasteiger partial charge in [-0.15, -0.1) is 0 Å². The van der Waals surface area contributed by atoms with E-state index in [4.69, 9.17) is 22.3 Å². The predicted octanol–water partition coefficient (Wildman–Crippen LogP) is 3.67. The zero-order valence-corrected chi connectivity index (χ0v) is 12.6. The Bertz CT molecular complexity index is 955. The highest BCUT2D eigenvalue weighted by Crippen LogP contribution is 2.31. The molecular formula is C13H8Cl2N2O2S. The number of aryl methyl sites for hydroxylation is 1. The summed E-state index contributed by atoms with van der Waals surface area (Å²) in [5.74, 6) is 0. The van der Waals surface area contributed by atoms with Crippen LogP contribution in [0.2, 0.25) is 5.15 Å². The van der Waals surface area contributed by atoms with Crippen molar-refractivity contribution in [3.05, 3.63) is 41.2 Å².